The minimum atomic E-state index is -0.689. The summed E-state index contributed by atoms with van der Waals surface area (Å²) >= 11 is 0. The van der Waals surface area contributed by atoms with Gasteiger partial charge in [-0.3, -0.25) is 14.4 Å². The zero-order chi connectivity index (χ0) is 20.0. The van der Waals surface area contributed by atoms with Gasteiger partial charge in [0, 0.05) is 22.4 Å². The molecule has 138 valence electrons. The van der Waals surface area contributed by atoms with Crippen molar-refractivity contribution in [1.82, 2.24) is 0 Å². The van der Waals surface area contributed by atoms with E-state index in [4.69, 9.17) is 0 Å². The number of nitrogens with one attached hydrogen (secondary N) is 1. The smallest absolute Gasteiger partial charge is 0.255 e. The maximum Gasteiger partial charge on any atom is 0.255 e. The van der Waals surface area contributed by atoms with Gasteiger partial charge in [0.25, 0.3) is 5.91 Å². The fourth-order valence-corrected chi connectivity index (χ4v) is 3.16. The molecule has 0 atom stereocenters. The molecule has 0 aromatic heterocycles. The molecular formula is C21H13NO6. The van der Waals surface area contributed by atoms with Gasteiger partial charge >= 0.3 is 0 Å². The monoisotopic (exact) mass is 375 g/mol. The van der Waals surface area contributed by atoms with Gasteiger partial charge in [-0.25, -0.2) is 0 Å². The number of benzene rings is 3. The molecule has 1 aliphatic carbocycles. The fourth-order valence-electron chi connectivity index (χ4n) is 3.16. The molecule has 0 unspecified atom stereocenters. The average molecular weight is 375 g/mol. The van der Waals surface area contributed by atoms with E-state index in [9.17, 15) is 29.7 Å². The van der Waals surface area contributed by atoms with Crippen LogP contribution in [-0.2, 0) is 0 Å². The summed E-state index contributed by atoms with van der Waals surface area (Å²) in [6, 6.07) is 12.2. The van der Waals surface area contributed by atoms with E-state index in [-0.39, 0.29) is 39.3 Å². The number of anilines is 1. The second-order valence-electron chi connectivity index (χ2n) is 6.28. The molecule has 0 saturated heterocycles. The van der Waals surface area contributed by atoms with E-state index < -0.39 is 23.2 Å². The first kappa shape index (κ1) is 17.3. The van der Waals surface area contributed by atoms with E-state index in [0.717, 1.165) is 6.07 Å². The molecule has 7 heteroatoms. The van der Waals surface area contributed by atoms with Gasteiger partial charge in [0.2, 0.25) is 5.78 Å². The topological polar surface area (TPSA) is 124 Å². The quantitative estimate of drug-likeness (QED) is 0.400. The molecule has 3 aromatic rings. The Kier molecular flexibility index (Phi) is 3.85. The molecule has 3 aromatic carbocycles. The van der Waals surface area contributed by atoms with E-state index in [1.807, 2.05) is 0 Å². The third-order valence-electron chi connectivity index (χ3n) is 4.49. The lowest BCUT2D eigenvalue weighted by Gasteiger charge is -2.20. The Bertz CT molecular complexity index is 1160. The van der Waals surface area contributed by atoms with Crippen LogP contribution >= 0.6 is 0 Å². The van der Waals surface area contributed by atoms with Gasteiger partial charge in [-0.1, -0.05) is 12.1 Å². The molecule has 4 rings (SSSR count). The maximum absolute atomic E-state index is 12.8. The number of hydrogen-bond donors (Lipinski definition) is 4. The molecule has 4 N–H and O–H groups in total. The molecule has 0 radical (unpaired) electrons. The fraction of sp³-hybridized carbons (Fsp3) is 0. The highest BCUT2D eigenvalue weighted by molar-refractivity contribution is 6.30. The summed E-state index contributed by atoms with van der Waals surface area (Å²) < 4.78 is 0. The zero-order valence-corrected chi connectivity index (χ0v) is 14.3. The van der Waals surface area contributed by atoms with Crippen LogP contribution in [0.25, 0.3) is 0 Å². The number of carbonyl (C=O) groups is 3. The van der Waals surface area contributed by atoms with E-state index in [1.165, 1.54) is 48.5 Å². The van der Waals surface area contributed by atoms with E-state index in [2.05, 4.69) is 5.32 Å². The number of ketones is 2. The van der Waals surface area contributed by atoms with Crippen molar-refractivity contribution >= 4 is 23.2 Å². The number of aromatic hydroxyl groups is 3. The molecule has 7 nitrogen and oxygen atoms in total. The minimum Gasteiger partial charge on any atom is -0.508 e. The van der Waals surface area contributed by atoms with Gasteiger partial charge in [0.15, 0.2) is 5.78 Å². The molecule has 0 spiro atoms. The lowest BCUT2D eigenvalue weighted by Crippen LogP contribution is -2.22. The van der Waals surface area contributed by atoms with E-state index in [0.29, 0.717) is 5.69 Å². The van der Waals surface area contributed by atoms with Crippen LogP contribution in [0.3, 0.4) is 0 Å². The summed E-state index contributed by atoms with van der Waals surface area (Å²) in [5.41, 5.74) is -0.143. The van der Waals surface area contributed by atoms with Crippen molar-refractivity contribution in [3.05, 3.63) is 82.4 Å². The van der Waals surface area contributed by atoms with Gasteiger partial charge < -0.3 is 20.6 Å². The third kappa shape index (κ3) is 2.66. The standard InChI is InChI=1S/C21H13NO6/c23-12-6-4-11(5-7-12)22-21(28)10-8-14-18(16(25)9-10)20(27)17-13(19(14)26)2-1-3-15(17)24/h1-9,23-25H,(H,22,28). The first-order valence-corrected chi connectivity index (χ1v) is 8.25. The largest absolute Gasteiger partial charge is 0.508 e. The van der Waals surface area contributed by atoms with Gasteiger partial charge in [0.05, 0.1) is 11.1 Å². The molecule has 1 aliphatic rings. The minimum absolute atomic E-state index is 0.00740. The highest BCUT2D eigenvalue weighted by atomic mass is 16.3. The van der Waals surface area contributed by atoms with Gasteiger partial charge in [-0.2, -0.15) is 0 Å². The molecule has 0 bridgehead atoms. The summed E-state index contributed by atoms with van der Waals surface area (Å²) in [6.45, 7) is 0. The molecule has 0 heterocycles. The SMILES string of the molecule is O=C(Nc1ccc(O)cc1)c1cc(O)c2c(c1)C(=O)c1cccc(O)c1C2=O. The third-order valence-corrected chi connectivity index (χ3v) is 4.49. The van der Waals surface area contributed by atoms with Crippen LogP contribution in [0.4, 0.5) is 5.69 Å². The van der Waals surface area contributed by atoms with E-state index >= 15 is 0 Å². The second kappa shape index (κ2) is 6.24. The van der Waals surface area contributed by atoms with Crippen molar-refractivity contribution in [3.8, 4) is 17.2 Å². The number of amides is 1. The van der Waals surface area contributed by atoms with Crippen LogP contribution < -0.4 is 5.32 Å². The lowest BCUT2D eigenvalue weighted by molar-refractivity contribution is 0.0972. The molecular weight excluding hydrogens is 362 g/mol. The molecule has 28 heavy (non-hydrogen) atoms. The van der Waals surface area contributed by atoms with Gasteiger partial charge in [0.1, 0.15) is 17.2 Å². The number of fused-ring (bicyclic) bond motifs is 2. The van der Waals surface area contributed by atoms with Crippen molar-refractivity contribution in [1.29, 1.82) is 0 Å². The highest BCUT2D eigenvalue weighted by Gasteiger charge is 2.35. The first-order chi connectivity index (χ1) is 13.4. The lowest BCUT2D eigenvalue weighted by atomic mass is 9.82. The molecule has 1 amide bonds. The predicted molar refractivity (Wildman–Crippen MR) is 99.1 cm³/mol. The first-order valence-electron chi connectivity index (χ1n) is 8.25. The number of carbonyl (C=O) groups excluding carboxylic acids is 3. The normalized spacial score (nSPS) is 12.3. The second-order valence-corrected chi connectivity index (χ2v) is 6.28. The van der Waals surface area contributed by atoms with Gasteiger partial charge in [-0.15, -0.1) is 0 Å². The number of phenolic OH excluding ortho intramolecular Hbond substituents is 3. The Balaban J connectivity index is 1.76. The summed E-state index contributed by atoms with van der Waals surface area (Å²) in [7, 11) is 0. The average Bonchev–Trinajstić information content (AvgIpc) is 2.67. The van der Waals surface area contributed by atoms with Crippen LogP contribution in [0.15, 0.2) is 54.6 Å². The van der Waals surface area contributed by atoms with E-state index in [1.54, 1.807) is 0 Å². The Labute approximate surface area is 158 Å². The van der Waals surface area contributed by atoms with Crippen LogP contribution in [0.2, 0.25) is 0 Å². The number of rotatable bonds is 2. The van der Waals surface area contributed by atoms with Crippen molar-refractivity contribution in [3.63, 3.8) is 0 Å². The molecule has 0 saturated carbocycles. The van der Waals surface area contributed by atoms with Crippen LogP contribution in [0.1, 0.15) is 42.2 Å². The zero-order valence-electron chi connectivity index (χ0n) is 14.3. The van der Waals surface area contributed by atoms with Crippen LogP contribution in [0.5, 0.6) is 17.2 Å². The van der Waals surface area contributed by atoms with Crippen molar-refractivity contribution in [2.75, 3.05) is 5.32 Å². The predicted octanol–water partition coefficient (Wildman–Crippen LogP) is 2.83. The Hall–Kier alpha value is -4.13. The Morgan fingerprint density at radius 2 is 1.43 bits per heavy atom. The summed E-state index contributed by atoms with van der Waals surface area (Å²) in [4.78, 5) is 38.0. The van der Waals surface area contributed by atoms with Gasteiger partial charge in [-0.05, 0) is 42.5 Å². The van der Waals surface area contributed by atoms with Crippen LogP contribution in [-0.4, -0.2) is 32.8 Å². The Morgan fingerprint density at radius 1 is 0.750 bits per heavy atom. The maximum atomic E-state index is 12.8. The van der Waals surface area contributed by atoms with Crippen molar-refractivity contribution < 1.29 is 29.7 Å². The van der Waals surface area contributed by atoms with Crippen LogP contribution in [0, 0.1) is 0 Å². The Morgan fingerprint density at radius 3 is 2.14 bits per heavy atom. The molecule has 0 fully saturated rings. The highest BCUT2D eigenvalue weighted by Crippen LogP contribution is 2.37. The van der Waals surface area contributed by atoms with Crippen molar-refractivity contribution in [2.24, 2.45) is 0 Å². The summed E-state index contributed by atoms with van der Waals surface area (Å²) in [6.07, 6.45) is 0. The summed E-state index contributed by atoms with van der Waals surface area (Å²) in [5, 5.41) is 32.1. The summed E-state index contributed by atoms with van der Waals surface area (Å²) in [5.74, 6) is -2.71. The number of hydrogen-bond acceptors (Lipinski definition) is 6. The molecule has 0 aliphatic heterocycles. The van der Waals surface area contributed by atoms with Crippen molar-refractivity contribution in [2.45, 2.75) is 0 Å². The number of phenols is 3.